The van der Waals surface area contributed by atoms with Crippen molar-refractivity contribution in [2.75, 3.05) is 6.54 Å². The van der Waals surface area contributed by atoms with Crippen molar-refractivity contribution in [1.82, 2.24) is 10.2 Å². The summed E-state index contributed by atoms with van der Waals surface area (Å²) in [4.78, 5) is 26.7. The first kappa shape index (κ1) is 20.7. The van der Waals surface area contributed by atoms with Gasteiger partial charge in [0.05, 0.1) is 5.56 Å². The Bertz CT molecular complexity index is 783. The van der Waals surface area contributed by atoms with E-state index in [-0.39, 0.29) is 36.6 Å². The van der Waals surface area contributed by atoms with Gasteiger partial charge in [-0.3, -0.25) is 9.59 Å². The average Bonchev–Trinajstić information content (AvgIpc) is 2.97. The van der Waals surface area contributed by atoms with Crippen LogP contribution in [-0.2, 0) is 11.3 Å². The number of hydrogen-bond acceptors (Lipinski definition) is 3. The fourth-order valence-electron chi connectivity index (χ4n) is 2.76. The monoisotopic (exact) mass is 374 g/mol. The highest BCUT2D eigenvalue weighted by Gasteiger charge is 2.22. The molecule has 0 saturated carbocycles. The van der Waals surface area contributed by atoms with Crippen LogP contribution in [0.5, 0.6) is 0 Å². The number of halogens is 1. The lowest BCUT2D eigenvalue weighted by Crippen LogP contribution is -2.37. The number of nitrogens with one attached hydrogen (secondary N) is 1. The Morgan fingerprint density at radius 1 is 1.22 bits per heavy atom. The van der Waals surface area contributed by atoms with Gasteiger partial charge in [-0.1, -0.05) is 19.1 Å². The normalized spacial score (nSPS) is 11.9. The summed E-state index contributed by atoms with van der Waals surface area (Å²) < 4.78 is 18.6. The zero-order valence-electron chi connectivity index (χ0n) is 16.3. The summed E-state index contributed by atoms with van der Waals surface area (Å²) in [5.41, 5.74) is 1.28. The van der Waals surface area contributed by atoms with Gasteiger partial charge in [0.1, 0.15) is 17.3 Å². The van der Waals surface area contributed by atoms with Crippen LogP contribution in [0.25, 0.3) is 0 Å². The van der Waals surface area contributed by atoms with Crippen LogP contribution < -0.4 is 5.32 Å². The Morgan fingerprint density at radius 3 is 2.44 bits per heavy atom. The summed E-state index contributed by atoms with van der Waals surface area (Å²) in [6.07, 6.45) is 1.05. The average molecular weight is 374 g/mol. The number of rotatable bonds is 8. The summed E-state index contributed by atoms with van der Waals surface area (Å²) >= 11 is 0. The van der Waals surface area contributed by atoms with E-state index in [2.05, 4.69) is 5.32 Å². The minimum Gasteiger partial charge on any atom is -0.466 e. The third-order valence-electron chi connectivity index (χ3n) is 4.47. The summed E-state index contributed by atoms with van der Waals surface area (Å²) in [7, 11) is 0. The van der Waals surface area contributed by atoms with Crippen molar-refractivity contribution in [1.29, 1.82) is 0 Å². The van der Waals surface area contributed by atoms with E-state index < -0.39 is 0 Å². The zero-order chi connectivity index (χ0) is 20.0. The number of carbonyl (C=O) groups excluding carboxylic acids is 2. The molecule has 1 heterocycles. The molecule has 146 valence electrons. The molecule has 1 atom stereocenters. The van der Waals surface area contributed by atoms with Gasteiger partial charge in [-0.25, -0.2) is 4.39 Å². The SMILES string of the molecule is CCC(C)NC(=O)CCN(Cc1ccc(F)cc1)C(=O)c1cc(C)oc1C. The molecule has 0 aliphatic carbocycles. The highest BCUT2D eigenvalue weighted by atomic mass is 19.1. The number of benzene rings is 1. The molecular formula is C21H27FN2O3. The Kier molecular flexibility index (Phi) is 7.16. The van der Waals surface area contributed by atoms with Crippen molar-refractivity contribution >= 4 is 11.8 Å². The van der Waals surface area contributed by atoms with Crippen LogP contribution in [0, 0.1) is 19.7 Å². The largest absolute Gasteiger partial charge is 0.466 e. The molecule has 0 fully saturated rings. The first-order valence-corrected chi connectivity index (χ1v) is 9.20. The summed E-state index contributed by atoms with van der Waals surface area (Å²) in [5.74, 6) is 0.579. The third-order valence-corrected chi connectivity index (χ3v) is 4.47. The van der Waals surface area contributed by atoms with Gasteiger partial charge in [-0.2, -0.15) is 0 Å². The van der Waals surface area contributed by atoms with Gasteiger partial charge in [-0.05, 0) is 51.0 Å². The quantitative estimate of drug-likeness (QED) is 0.760. The van der Waals surface area contributed by atoms with Gasteiger partial charge >= 0.3 is 0 Å². The summed E-state index contributed by atoms with van der Waals surface area (Å²) in [5, 5.41) is 2.91. The highest BCUT2D eigenvalue weighted by molar-refractivity contribution is 5.95. The van der Waals surface area contributed by atoms with Crippen LogP contribution in [0.1, 0.15) is 54.1 Å². The predicted molar refractivity (Wildman–Crippen MR) is 102 cm³/mol. The van der Waals surface area contributed by atoms with E-state index in [1.165, 1.54) is 12.1 Å². The van der Waals surface area contributed by atoms with Crippen molar-refractivity contribution in [2.24, 2.45) is 0 Å². The lowest BCUT2D eigenvalue weighted by atomic mass is 10.1. The van der Waals surface area contributed by atoms with E-state index in [1.54, 1.807) is 36.9 Å². The van der Waals surface area contributed by atoms with Crippen molar-refractivity contribution in [3.8, 4) is 0 Å². The fourth-order valence-corrected chi connectivity index (χ4v) is 2.76. The van der Waals surface area contributed by atoms with Crippen LogP contribution in [0.15, 0.2) is 34.7 Å². The van der Waals surface area contributed by atoms with Crippen LogP contribution in [0.2, 0.25) is 0 Å². The molecule has 0 saturated heterocycles. The summed E-state index contributed by atoms with van der Waals surface area (Å²) in [6.45, 7) is 8.03. The van der Waals surface area contributed by atoms with Crippen molar-refractivity contribution in [3.63, 3.8) is 0 Å². The van der Waals surface area contributed by atoms with Gasteiger partial charge in [0.25, 0.3) is 5.91 Å². The van der Waals surface area contributed by atoms with Crippen LogP contribution >= 0.6 is 0 Å². The molecule has 1 unspecified atom stereocenters. The molecule has 5 nitrogen and oxygen atoms in total. The first-order valence-electron chi connectivity index (χ1n) is 9.20. The van der Waals surface area contributed by atoms with E-state index in [0.717, 1.165) is 12.0 Å². The lowest BCUT2D eigenvalue weighted by molar-refractivity contribution is -0.121. The molecular weight excluding hydrogens is 347 g/mol. The number of hydrogen-bond donors (Lipinski definition) is 1. The molecule has 0 aliphatic heterocycles. The second-order valence-corrected chi connectivity index (χ2v) is 6.81. The maximum Gasteiger partial charge on any atom is 0.257 e. The molecule has 2 aromatic rings. The van der Waals surface area contributed by atoms with Gasteiger partial charge in [0.2, 0.25) is 5.91 Å². The molecule has 0 bridgehead atoms. The van der Waals surface area contributed by atoms with E-state index in [9.17, 15) is 14.0 Å². The van der Waals surface area contributed by atoms with Crippen molar-refractivity contribution in [2.45, 2.75) is 53.1 Å². The van der Waals surface area contributed by atoms with E-state index in [4.69, 9.17) is 4.42 Å². The highest BCUT2D eigenvalue weighted by Crippen LogP contribution is 2.18. The van der Waals surface area contributed by atoms with Crippen molar-refractivity contribution in [3.05, 3.63) is 58.8 Å². The number of amides is 2. The van der Waals surface area contributed by atoms with Gasteiger partial charge < -0.3 is 14.6 Å². The maximum absolute atomic E-state index is 13.2. The van der Waals surface area contributed by atoms with E-state index >= 15 is 0 Å². The number of furan rings is 1. The van der Waals surface area contributed by atoms with Crippen LogP contribution in [-0.4, -0.2) is 29.3 Å². The molecule has 0 spiro atoms. The third kappa shape index (κ3) is 5.94. The Morgan fingerprint density at radius 2 is 1.89 bits per heavy atom. The molecule has 0 radical (unpaired) electrons. The first-order chi connectivity index (χ1) is 12.8. The Balaban J connectivity index is 2.14. The molecule has 1 N–H and O–H groups in total. The smallest absolute Gasteiger partial charge is 0.257 e. The standard InChI is InChI=1S/C21H27FN2O3/c1-5-14(2)23-20(25)10-11-24(13-17-6-8-18(22)9-7-17)21(26)19-12-15(3)27-16(19)4/h6-9,12,14H,5,10-11,13H2,1-4H3,(H,23,25). The molecule has 2 amide bonds. The minimum atomic E-state index is -0.328. The topological polar surface area (TPSA) is 62.6 Å². The Labute approximate surface area is 159 Å². The van der Waals surface area contributed by atoms with E-state index in [1.807, 2.05) is 13.8 Å². The maximum atomic E-state index is 13.2. The van der Waals surface area contributed by atoms with Gasteiger partial charge in [0, 0.05) is 25.6 Å². The van der Waals surface area contributed by atoms with Crippen LogP contribution in [0.4, 0.5) is 4.39 Å². The minimum absolute atomic E-state index is 0.0949. The second-order valence-electron chi connectivity index (χ2n) is 6.81. The second kappa shape index (κ2) is 9.35. The van der Waals surface area contributed by atoms with Crippen LogP contribution in [0.3, 0.4) is 0 Å². The zero-order valence-corrected chi connectivity index (χ0v) is 16.3. The number of aryl methyl sites for hydroxylation is 2. The molecule has 0 aliphatic rings. The molecule has 1 aromatic heterocycles. The predicted octanol–water partition coefficient (Wildman–Crippen LogP) is 3.98. The lowest BCUT2D eigenvalue weighted by Gasteiger charge is -2.23. The molecule has 27 heavy (non-hydrogen) atoms. The fraction of sp³-hybridized carbons (Fsp3) is 0.429. The van der Waals surface area contributed by atoms with Gasteiger partial charge in [-0.15, -0.1) is 0 Å². The number of nitrogens with zero attached hydrogens (tertiary/aromatic N) is 1. The number of carbonyl (C=O) groups is 2. The Hall–Kier alpha value is -2.63. The molecule has 2 rings (SSSR count). The van der Waals surface area contributed by atoms with Crippen molar-refractivity contribution < 1.29 is 18.4 Å². The molecule has 1 aromatic carbocycles. The van der Waals surface area contributed by atoms with Gasteiger partial charge in [0.15, 0.2) is 0 Å². The van der Waals surface area contributed by atoms with E-state index in [0.29, 0.717) is 23.6 Å². The molecule has 6 heteroatoms. The summed E-state index contributed by atoms with van der Waals surface area (Å²) in [6, 6.07) is 7.80.